The normalized spacial score (nSPS) is 22.0. The molecule has 2 N–H and O–H groups in total. The van der Waals surface area contributed by atoms with E-state index >= 15 is 0 Å². The number of halogens is 3. The number of likely N-dealkylation sites (N-methyl/N-ethyl adjacent to an activating group) is 1. The van der Waals surface area contributed by atoms with Crippen molar-refractivity contribution in [3.8, 4) is 0 Å². The van der Waals surface area contributed by atoms with Gasteiger partial charge in [0, 0.05) is 18.9 Å². The molecule has 0 saturated carbocycles. The average molecular weight is 365 g/mol. The minimum atomic E-state index is -4.92. The third-order valence-electron chi connectivity index (χ3n) is 3.63. The van der Waals surface area contributed by atoms with Crippen LogP contribution in [-0.4, -0.2) is 49.1 Å². The standard InChI is InChI=1S/C13H14F3N3O4S/c1-12(18-21)10(17-19(2)11(12)20)7-4-5-9(24(3,22)23)8(6-7)13(14,15)16/h4-6,18,21H,1-3H3. The molecule has 0 bridgehead atoms. The van der Waals surface area contributed by atoms with Crippen LogP contribution in [0.3, 0.4) is 0 Å². The van der Waals surface area contributed by atoms with Crippen molar-refractivity contribution in [2.75, 3.05) is 13.3 Å². The number of hydroxylamine groups is 1. The van der Waals surface area contributed by atoms with E-state index in [0.717, 1.165) is 17.1 Å². The number of nitrogens with zero attached hydrogens (tertiary/aromatic N) is 2. The van der Waals surface area contributed by atoms with E-state index in [0.29, 0.717) is 12.3 Å². The molecule has 1 unspecified atom stereocenters. The molecule has 0 saturated heterocycles. The monoisotopic (exact) mass is 365 g/mol. The predicted octanol–water partition coefficient (Wildman–Crippen LogP) is 1.02. The van der Waals surface area contributed by atoms with Gasteiger partial charge < -0.3 is 5.21 Å². The number of carbonyl (C=O) groups is 1. The highest BCUT2D eigenvalue weighted by Gasteiger charge is 2.47. The van der Waals surface area contributed by atoms with Crippen molar-refractivity contribution < 1.29 is 31.6 Å². The smallest absolute Gasteiger partial charge is 0.315 e. The third kappa shape index (κ3) is 2.89. The Balaban J connectivity index is 2.71. The molecule has 132 valence electrons. The van der Waals surface area contributed by atoms with Gasteiger partial charge in [-0.2, -0.15) is 23.8 Å². The van der Waals surface area contributed by atoms with Gasteiger partial charge in [0.2, 0.25) is 0 Å². The molecule has 1 aromatic carbocycles. The van der Waals surface area contributed by atoms with Gasteiger partial charge in [-0.25, -0.2) is 13.4 Å². The van der Waals surface area contributed by atoms with Crippen LogP contribution < -0.4 is 5.48 Å². The fourth-order valence-electron chi connectivity index (χ4n) is 2.39. The summed E-state index contributed by atoms with van der Waals surface area (Å²) in [6.45, 7) is 1.25. The van der Waals surface area contributed by atoms with Crippen LogP contribution in [0, 0.1) is 0 Å². The Morgan fingerprint density at radius 3 is 2.38 bits per heavy atom. The summed E-state index contributed by atoms with van der Waals surface area (Å²) in [5.41, 5.74) is -1.67. The van der Waals surface area contributed by atoms with Gasteiger partial charge in [-0.05, 0) is 19.1 Å². The first-order valence-corrected chi connectivity index (χ1v) is 8.41. The Morgan fingerprint density at radius 1 is 1.33 bits per heavy atom. The van der Waals surface area contributed by atoms with E-state index in [1.807, 2.05) is 0 Å². The largest absolute Gasteiger partial charge is 0.417 e. The first-order chi connectivity index (χ1) is 10.8. The summed E-state index contributed by atoms with van der Waals surface area (Å²) >= 11 is 0. The SMILES string of the molecule is CN1N=C(c2ccc(S(C)(=O)=O)c(C(F)(F)F)c2)C(C)(NO)C1=O. The zero-order chi connectivity index (χ0) is 18.5. The number of hydrogen-bond donors (Lipinski definition) is 2. The number of amides is 1. The minimum absolute atomic E-state index is 0.142. The van der Waals surface area contributed by atoms with Gasteiger partial charge >= 0.3 is 6.18 Å². The molecule has 0 fully saturated rings. The molecule has 0 radical (unpaired) electrons. The molecule has 0 aliphatic carbocycles. The van der Waals surface area contributed by atoms with E-state index in [9.17, 15) is 31.6 Å². The van der Waals surface area contributed by atoms with E-state index < -0.39 is 37.9 Å². The van der Waals surface area contributed by atoms with Crippen molar-refractivity contribution in [3.63, 3.8) is 0 Å². The Hall–Kier alpha value is -1.98. The molecule has 1 aliphatic rings. The van der Waals surface area contributed by atoms with Crippen LogP contribution in [0.25, 0.3) is 0 Å². The first-order valence-electron chi connectivity index (χ1n) is 6.52. The van der Waals surface area contributed by atoms with Crippen LogP contribution in [0.15, 0.2) is 28.2 Å². The predicted molar refractivity (Wildman–Crippen MR) is 77.2 cm³/mol. The maximum atomic E-state index is 13.2. The number of alkyl halides is 3. The van der Waals surface area contributed by atoms with Crippen molar-refractivity contribution in [3.05, 3.63) is 29.3 Å². The quantitative estimate of drug-likeness (QED) is 0.780. The lowest BCUT2D eigenvalue weighted by Crippen LogP contribution is -2.53. The highest BCUT2D eigenvalue weighted by Crippen LogP contribution is 2.36. The fourth-order valence-corrected chi connectivity index (χ4v) is 3.28. The van der Waals surface area contributed by atoms with Crippen LogP contribution >= 0.6 is 0 Å². The molecule has 1 aliphatic heterocycles. The second kappa shape index (κ2) is 5.53. The molecule has 11 heteroatoms. The van der Waals surface area contributed by atoms with Gasteiger partial charge in [0.05, 0.1) is 16.2 Å². The summed E-state index contributed by atoms with van der Waals surface area (Å²) in [5.74, 6) is -0.680. The van der Waals surface area contributed by atoms with Crippen LogP contribution in [0.4, 0.5) is 13.2 Å². The summed E-state index contributed by atoms with van der Waals surface area (Å²) in [5, 5.41) is 14.0. The van der Waals surface area contributed by atoms with Crippen molar-refractivity contribution in [1.29, 1.82) is 0 Å². The molecule has 0 spiro atoms. The second-order valence-corrected chi connectivity index (χ2v) is 7.48. The van der Waals surface area contributed by atoms with Crippen molar-refractivity contribution in [2.24, 2.45) is 5.10 Å². The Morgan fingerprint density at radius 2 is 1.92 bits per heavy atom. The molecular weight excluding hydrogens is 351 g/mol. The number of sulfone groups is 1. The van der Waals surface area contributed by atoms with Crippen LogP contribution in [0.5, 0.6) is 0 Å². The van der Waals surface area contributed by atoms with Gasteiger partial charge in [-0.15, -0.1) is 0 Å². The van der Waals surface area contributed by atoms with E-state index in [2.05, 4.69) is 5.10 Å². The molecule has 0 aromatic heterocycles. The lowest BCUT2D eigenvalue weighted by Gasteiger charge is -2.22. The Labute approximate surface area is 135 Å². The van der Waals surface area contributed by atoms with Gasteiger partial charge in [0.1, 0.15) is 0 Å². The lowest BCUT2D eigenvalue weighted by molar-refractivity contribution is -0.139. The fraction of sp³-hybridized carbons (Fsp3) is 0.385. The number of hydrogen-bond acceptors (Lipinski definition) is 6. The Kier molecular flexibility index (Phi) is 4.23. The molecule has 1 atom stereocenters. The highest BCUT2D eigenvalue weighted by atomic mass is 32.2. The van der Waals surface area contributed by atoms with Crippen molar-refractivity contribution >= 4 is 21.5 Å². The van der Waals surface area contributed by atoms with E-state index in [-0.39, 0.29) is 11.3 Å². The molecular formula is C13H14F3N3O4S. The molecule has 24 heavy (non-hydrogen) atoms. The van der Waals surface area contributed by atoms with Crippen LogP contribution in [-0.2, 0) is 20.8 Å². The molecule has 1 heterocycles. The van der Waals surface area contributed by atoms with Crippen molar-refractivity contribution in [1.82, 2.24) is 10.5 Å². The number of rotatable bonds is 3. The number of benzene rings is 1. The summed E-state index contributed by atoms with van der Waals surface area (Å²) in [6.07, 6.45) is -4.26. The van der Waals surface area contributed by atoms with Crippen LogP contribution in [0.1, 0.15) is 18.1 Å². The summed E-state index contributed by atoms with van der Waals surface area (Å²) in [4.78, 5) is 11.1. The highest BCUT2D eigenvalue weighted by molar-refractivity contribution is 7.90. The summed E-state index contributed by atoms with van der Waals surface area (Å²) in [7, 11) is -2.84. The molecule has 1 amide bonds. The average Bonchev–Trinajstić information content (AvgIpc) is 2.70. The number of hydrazone groups is 1. The maximum absolute atomic E-state index is 13.2. The van der Waals surface area contributed by atoms with E-state index in [4.69, 9.17) is 0 Å². The van der Waals surface area contributed by atoms with Crippen molar-refractivity contribution in [2.45, 2.75) is 23.5 Å². The third-order valence-corrected chi connectivity index (χ3v) is 4.78. The van der Waals surface area contributed by atoms with E-state index in [1.165, 1.54) is 14.0 Å². The topological polar surface area (TPSA) is 99.1 Å². The van der Waals surface area contributed by atoms with Gasteiger partial charge in [0.25, 0.3) is 5.91 Å². The number of carbonyl (C=O) groups excluding carboxylic acids is 1. The summed E-state index contributed by atoms with van der Waals surface area (Å²) < 4.78 is 62.8. The second-order valence-electron chi connectivity index (χ2n) is 5.50. The van der Waals surface area contributed by atoms with Gasteiger partial charge in [-0.3, -0.25) is 4.79 Å². The zero-order valence-corrected chi connectivity index (χ0v) is 13.7. The van der Waals surface area contributed by atoms with Gasteiger partial charge in [-0.1, -0.05) is 6.07 Å². The van der Waals surface area contributed by atoms with Crippen LogP contribution in [0.2, 0.25) is 0 Å². The Bertz CT molecular complexity index is 835. The van der Waals surface area contributed by atoms with E-state index in [1.54, 1.807) is 5.48 Å². The summed E-state index contributed by atoms with van der Waals surface area (Å²) in [6, 6.07) is 2.50. The zero-order valence-electron chi connectivity index (χ0n) is 12.8. The minimum Gasteiger partial charge on any atom is -0.315 e. The lowest BCUT2D eigenvalue weighted by atomic mass is 9.90. The molecule has 2 rings (SSSR count). The first kappa shape index (κ1) is 18.4. The maximum Gasteiger partial charge on any atom is 0.417 e. The molecule has 1 aromatic rings. The number of nitrogens with one attached hydrogen (secondary N) is 1. The van der Waals surface area contributed by atoms with Gasteiger partial charge in [0.15, 0.2) is 15.4 Å². The molecule has 7 nitrogen and oxygen atoms in total.